The number of halogens is 4. The van der Waals surface area contributed by atoms with Crippen LogP contribution in [0, 0.1) is 0 Å². The molecular weight excluding hydrogens is 491 g/mol. The minimum absolute atomic E-state index is 0.223. The number of fused-ring (bicyclic) bond motifs is 2. The highest BCUT2D eigenvalue weighted by molar-refractivity contribution is 6.31. The van der Waals surface area contributed by atoms with E-state index in [9.17, 15) is 23.2 Å². The second kappa shape index (κ2) is 9.28. The number of hydrogen-bond donors (Lipinski definition) is 1. The molecule has 0 amide bonds. The summed E-state index contributed by atoms with van der Waals surface area (Å²) < 4.78 is 40.1. The van der Waals surface area contributed by atoms with E-state index in [1.165, 1.54) is 18.2 Å². The Balaban J connectivity index is 1.64. The van der Waals surface area contributed by atoms with Gasteiger partial charge in [0.05, 0.1) is 39.7 Å². The van der Waals surface area contributed by atoms with E-state index in [0.717, 1.165) is 22.4 Å². The summed E-state index contributed by atoms with van der Waals surface area (Å²) in [6.07, 6.45) is -2.41. The number of rotatable bonds is 3. The predicted molar refractivity (Wildman–Crippen MR) is 133 cm³/mol. The van der Waals surface area contributed by atoms with Gasteiger partial charge >= 0.3 is 6.18 Å². The molecule has 1 unspecified atom stereocenters. The molecule has 5 nitrogen and oxygen atoms in total. The number of hydrogen-bond acceptors (Lipinski definition) is 4. The highest BCUT2D eigenvalue weighted by atomic mass is 35.5. The Morgan fingerprint density at radius 2 is 1.72 bits per heavy atom. The zero-order chi connectivity index (χ0) is 25.4. The summed E-state index contributed by atoms with van der Waals surface area (Å²) in [6.45, 7) is 0. The molecule has 1 aliphatic rings. The molecule has 0 bridgehead atoms. The lowest BCUT2D eigenvalue weighted by Gasteiger charge is -2.27. The molecule has 1 aromatic heterocycles. The molecule has 182 valence electrons. The standard InChI is InChI=1S/C27H19ClF3N3O2/c28-20-10-11-23-21(14-20)26(35)25-22(33-32-15-16-4-2-1-3-5-16)12-18(13-24(25)34(23)36)17-6-8-19(9-7-17)27(29,30)31/h1-11,14-15,18,36H,12-13H2/b32-15+,33-22+. The minimum Gasteiger partial charge on any atom is -0.428 e. The van der Waals surface area contributed by atoms with Crippen LogP contribution in [0.1, 0.15) is 40.3 Å². The fraction of sp³-hybridized carbons (Fsp3) is 0.148. The van der Waals surface area contributed by atoms with Gasteiger partial charge in [0.15, 0.2) is 5.43 Å². The lowest BCUT2D eigenvalue weighted by atomic mass is 9.80. The Morgan fingerprint density at radius 1 is 1.00 bits per heavy atom. The molecule has 5 rings (SSSR count). The molecule has 3 aromatic carbocycles. The largest absolute Gasteiger partial charge is 0.428 e. The SMILES string of the molecule is O=c1c2c(n(O)c3ccc(Cl)cc13)CC(c1ccc(C(F)(F)F)cc1)C/C2=N\N=C\c1ccccc1. The van der Waals surface area contributed by atoms with Crippen LogP contribution < -0.4 is 5.43 Å². The van der Waals surface area contributed by atoms with Crippen molar-refractivity contribution in [3.63, 3.8) is 0 Å². The van der Waals surface area contributed by atoms with Gasteiger partial charge in [-0.15, -0.1) is 0 Å². The Morgan fingerprint density at radius 3 is 2.42 bits per heavy atom. The first kappa shape index (κ1) is 23.8. The van der Waals surface area contributed by atoms with Gasteiger partial charge in [-0.2, -0.15) is 28.1 Å². The third-order valence-electron chi connectivity index (χ3n) is 6.27. The van der Waals surface area contributed by atoms with Crippen molar-refractivity contribution in [1.29, 1.82) is 0 Å². The van der Waals surface area contributed by atoms with Crippen molar-refractivity contribution < 1.29 is 18.4 Å². The maximum atomic E-state index is 13.5. The van der Waals surface area contributed by atoms with Crippen molar-refractivity contribution >= 4 is 34.4 Å². The van der Waals surface area contributed by atoms with Crippen LogP contribution in [0.3, 0.4) is 0 Å². The Labute approximate surface area is 208 Å². The number of benzene rings is 3. The van der Waals surface area contributed by atoms with E-state index in [-0.39, 0.29) is 40.7 Å². The normalized spacial score (nSPS) is 17.1. The van der Waals surface area contributed by atoms with E-state index in [1.807, 2.05) is 30.3 Å². The minimum atomic E-state index is -4.44. The Kier molecular flexibility index (Phi) is 6.14. The Hall–Kier alpha value is -3.91. The smallest absolute Gasteiger partial charge is 0.416 e. The third-order valence-corrected chi connectivity index (χ3v) is 6.50. The summed E-state index contributed by atoms with van der Waals surface area (Å²) in [5.41, 5.74) is 1.52. The summed E-state index contributed by atoms with van der Waals surface area (Å²) in [7, 11) is 0. The molecule has 0 spiro atoms. The van der Waals surface area contributed by atoms with Gasteiger partial charge in [-0.25, -0.2) is 0 Å². The zero-order valence-electron chi connectivity index (χ0n) is 18.7. The molecular formula is C27H19ClF3N3O2. The number of pyridine rings is 1. The fourth-order valence-corrected chi connectivity index (χ4v) is 4.67. The molecule has 1 heterocycles. The van der Waals surface area contributed by atoms with E-state index in [4.69, 9.17) is 11.6 Å². The molecule has 0 saturated heterocycles. The van der Waals surface area contributed by atoms with E-state index >= 15 is 0 Å². The first-order chi connectivity index (χ1) is 17.2. The number of nitrogens with zero attached hydrogens (tertiary/aromatic N) is 3. The summed E-state index contributed by atoms with van der Waals surface area (Å²) in [4.78, 5) is 13.5. The molecule has 9 heteroatoms. The van der Waals surface area contributed by atoms with Crippen LogP contribution in [0.2, 0.25) is 5.02 Å². The van der Waals surface area contributed by atoms with Crippen LogP contribution in [0.25, 0.3) is 10.9 Å². The van der Waals surface area contributed by atoms with Crippen LogP contribution in [0.4, 0.5) is 13.2 Å². The quantitative estimate of drug-likeness (QED) is 0.195. The highest BCUT2D eigenvalue weighted by Crippen LogP contribution is 2.35. The number of alkyl halides is 3. The molecule has 4 aromatic rings. The van der Waals surface area contributed by atoms with Gasteiger partial charge in [-0.05, 0) is 60.2 Å². The molecule has 0 radical (unpaired) electrons. The third kappa shape index (κ3) is 4.52. The first-order valence-corrected chi connectivity index (χ1v) is 11.5. The molecule has 1 atom stereocenters. The van der Waals surface area contributed by atoms with Crippen LogP contribution in [-0.2, 0) is 12.6 Å². The monoisotopic (exact) mass is 509 g/mol. The van der Waals surface area contributed by atoms with Crippen molar-refractivity contribution in [1.82, 2.24) is 4.73 Å². The van der Waals surface area contributed by atoms with Gasteiger partial charge < -0.3 is 5.21 Å². The van der Waals surface area contributed by atoms with E-state index in [1.54, 1.807) is 18.3 Å². The van der Waals surface area contributed by atoms with Gasteiger partial charge in [0.2, 0.25) is 0 Å². The topological polar surface area (TPSA) is 67.0 Å². The molecule has 36 heavy (non-hydrogen) atoms. The van der Waals surface area contributed by atoms with Crippen molar-refractivity contribution in [2.45, 2.75) is 24.9 Å². The lowest BCUT2D eigenvalue weighted by Crippen LogP contribution is -2.31. The zero-order valence-corrected chi connectivity index (χ0v) is 19.5. The van der Waals surface area contributed by atoms with Gasteiger partial charge in [-0.1, -0.05) is 54.1 Å². The maximum absolute atomic E-state index is 13.5. The van der Waals surface area contributed by atoms with Gasteiger partial charge in [0.1, 0.15) is 0 Å². The van der Waals surface area contributed by atoms with Crippen molar-refractivity contribution in [3.8, 4) is 0 Å². The molecule has 1 aliphatic carbocycles. The summed E-state index contributed by atoms with van der Waals surface area (Å²) in [6, 6.07) is 18.8. The van der Waals surface area contributed by atoms with Crippen molar-refractivity contribution in [2.24, 2.45) is 10.2 Å². The molecule has 0 saturated carbocycles. The average molecular weight is 510 g/mol. The fourth-order valence-electron chi connectivity index (χ4n) is 4.49. The lowest BCUT2D eigenvalue weighted by molar-refractivity contribution is -0.137. The Bertz CT molecular complexity index is 1560. The maximum Gasteiger partial charge on any atom is 0.416 e. The second-order valence-electron chi connectivity index (χ2n) is 8.55. The molecule has 0 fully saturated rings. The molecule has 0 aliphatic heterocycles. The predicted octanol–water partition coefficient (Wildman–Crippen LogP) is 6.46. The van der Waals surface area contributed by atoms with Crippen LogP contribution in [0.15, 0.2) is 87.8 Å². The van der Waals surface area contributed by atoms with Crippen LogP contribution in [0.5, 0.6) is 0 Å². The highest BCUT2D eigenvalue weighted by Gasteiger charge is 2.33. The van der Waals surface area contributed by atoms with Crippen molar-refractivity contribution in [3.05, 3.63) is 116 Å². The van der Waals surface area contributed by atoms with Crippen LogP contribution in [-0.4, -0.2) is 21.9 Å². The average Bonchev–Trinajstić information content (AvgIpc) is 2.87. The van der Waals surface area contributed by atoms with Crippen LogP contribution >= 0.6 is 11.6 Å². The number of aromatic nitrogens is 1. The van der Waals surface area contributed by atoms with Gasteiger partial charge in [0, 0.05) is 5.02 Å². The first-order valence-electron chi connectivity index (χ1n) is 11.1. The summed E-state index contributed by atoms with van der Waals surface area (Å²) >= 11 is 6.10. The van der Waals surface area contributed by atoms with E-state index < -0.39 is 11.7 Å². The van der Waals surface area contributed by atoms with Gasteiger partial charge in [0.25, 0.3) is 0 Å². The summed E-state index contributed by atoms with van der Waals surface area (Å²) in [5.74, 6) is -0.326. The second-order valence-corrected chi connectivity index (χ2v) is 8.99. The summed E-state index contributed by atoms with van der Waals surface area (Å²) in [5, 5.41) is 20.1. The molecule has 1 N–H and O–H groups in total. The van der Waals surface area contributed by atoms with Gasteiger partial charge in [-0.3, -0.25) is 4.79 Å². The van der Waals surface area contributed by atoms with Crippen molar-refractivity contribution in [2.75, 3.05) is 0 Å². The van der Waals surface area contributed by atoms with E-state index in [0.29, 0.717) is 22.0 Å². The van der Waals surface area contributed by atoms with E-state index in [2.05, 4.69) is 10.2 Å².